The van der Waals surface area contributed by atoms with Crippen molar-refractivity contribution in [2.24, 2.45) is 5.92 Å². The largest absolute Gasteiger partial charge is 0.342 e. The smallest absolute Gasteiger partial charge is 0.235 e. The van der Waals surface area contributed by atoms with Gasteiger partial charge < -0.3 is 9.47 Å². The molecule has 1 amide bonds. The number of aromatic nitrogens is 2. The van der Waals surface area contributed by atoms with Gasteiger partial charge in [0, 0.05) is 25.3 Å². The van der Waals surface area contributed by atoms with E-state index in [2.05, 4.69) is 30.3 Å². The van der Waals surface area contributed by atoms with Crippen LogP contribution in [-0.4, -0.2) is 38.7 Å². The van der Waals surface area contributed by atoms with E-state index in [0.29, 0.717) is 5.92 Å². The number of rotatable bonds is 7. The Morgan fingerprint density at radius 1 is 1.24 bits per heavy atom. The van der Waals surface area contributed by atoms with E-state index >= 15 is 0 Å². The third-order valence-electron chi connectivity index (χ3n) is 3.68. The molecule has 0 bridgehead atoms. The second-order valence-electron chi connectivity index (χ2n) is 5.84. The van der Waals surface area contributed by atoms with Crippen LogP contribution in [0.15, 0.2) is 5.16 Å². The number of thioether (sulfide) groups is 1. The van der Waals surface area contributed by atoms with Gasteiger partial charge in [-0.2, -0.15) is 0 Å². The molecular weight excluding hydrogens is 282 g/mol. The molecular formula is C16H29N3OS. The molecule has 120 valence electrons. The van der Waals surface area contributed by atoms with Gasteiger partial charge in [0.25, 0.3) is 0 Å². The number of carbonyl (C=O) groups excluding carboxylic acids is 1. The molecule has 0 aliphatic rings. The van der Waals surface area contributed by atoms with Crippen molar-refractivity contribution in [1.82, 2.24) is 14.5 Å². The van der Waals surface area contributed by atoms with Crippen molar-refractivity contribution in [2.75, 3.05) is 13.1 Å². The number of hydrogen-bond donors (Lipinski definition) is 0. The van der Waals surface area contributed by atoms with Crippen molar-refractivity contribution in [3.8, 4) is 0 Å². The molecule has 1 rings (SSSR count). The summed E-state index contributed by atoms with van der Waals surface area (Å²) in [5, 5.41) is 0.865. The molecule has 1 atom stereocenters. The van der Waals surface area contributed by atoms with Gasteiger partial charge in [0.05, 0.1) is 10.9 Å². The SMILES string of the molecule is CCN(CC)C(=O)C(C)Sc1nc(C)c(C)n1CC(C)C. The lowest BCUT2D eigenvalue weighted by molar-refractivity contribution is -0.129. The highest BCUT2D eigenvalue weighted by Crippen LogP contribution is 2.27. The summed E-state index contributed by atoms with van der Waals surface area (Å²) in [4.78, 5) is 18.9. The first-order chi connectivity index (χ1) is 9.81. The predicted molar refractivity (Wildman–Crippen MR) is 89.8 cm³/mol. The van der Waals surface area contributed by atoms with E-state index in [9.17, 15) is 4.79 Å². The van der Waals surface area contributed by atoms with E-state index in [4.69, 9.17) is 0 Å². The third kappa shape index (κ3) is 4.50. The molecule has 0 aliphatic carbocycles. The van der Waals surface area contributed by atoms with E-state index in [1.807, 2.05) is 32.6 Å². The van der Waals surface area contributed by atoms with Crippen LogP contribution in [0.5, 0.6) is 0 Å². The van der Waals surface area contributed by atoms with Crippen LogP contribution in [0.3, 0.4) is 0 Å². The number of aryl methyl sites for hydroxylation is 1. The first-order valence-corrected chi connectivity index (χ1v) is 8.68. The van der Waals surface area contributed by atoms with Crippen molar-refractivity contribution in [3.63, 3.8) is 0 Å². The second-order valence-corrected chi connectivity index (χ2v) is 7.15. The molecule has 0 aromatic carbocycles. The van der Waals surface area contributed by atoms with Gasteiger partial charge in [-0.05, 0) is 40.5 Å². The van der Waals surface area contributed by atoms with Gasteiger partial charge in [0.2, 0.25) is 5.91 Å². The lowest BCUT2D eigenvalue weighted by Gasteiger charge is -2.22. The van der Waals surface area contributed by atoms with Crippen LogP contribution in [-0.2, 0) is 11.3 Å². The van der Waals surface area contributed by atoms with Crippen molar-refractivity contribution in [2.45, 2.75) is 65.4 Å². The topological polar surface area (TPSA) is 38.1 Å². The fraction of sp³-hybridized carbons (Fsp3) is 0.750. The van der Waals surface area contributed by atoms with E-state index in [0.717, 1.165) is 30.5 Å². The highest BCUT2D eigenvalue weighted by Gasteiger charge is 2.22. The molecule has 0 saturated heterocycles. The van der Waals surface area contributed by atoms with Crippen LogP contribution in [0.4, 0.5) is 0 Å². The molecule has 1 heterocycles. The highest BCUT2D eigenvalue weighted by atomic mass is 32.2. The fourth-order valence-corrected chi connectivity index (χ4v) is 3.39. The van der Waals surface area contributed by atoms with Crippen LogP contribution >= 0.6 is 11.8 Å². The second kappa shape index (κ2) is 7.87. The van der Waals surface area contributed by atoms with Gasteiger partial charge in [0.15, 0.2) is 5.16 Å². The van der Waals surface area contributed by atoms with Crippen molar-refractivity contribution >= 4 is 17.7 Å². The summed E-state index contributed by atoms with van der Waals surface area (Å²) in [6.07, 6.45) is 0. The quantitative estimate of drug-likeness (QED) is 0.723. The predicted octanol–water partition coefficient (Wildman–Crippen LogP) is 3.50. The molecule has 1 aromatic rings. The van der Waals surface area contributed by atoms with Crippen LogP contribution < -0.4 is 0 Å². The summed E-state index contributed by atoms with van der Waals surface area (Å²) < 4.78 is 2.25. The zero-order valence-corrected chi connectivity index (χ0v) is 15.3. The van der Waals surface area contributed by atoms with Crippen LogP contribution in [0.1, 0.15) is 46.0 Å². The summed E-state index contributed by atoms with van der Waals surface area (Å²) in [7, 11) is 0. The molecule has 0 radical (unpaired) electrons. The fourth-order valence-electron chi connectivity index (χ4n) is 2.29. The molecule has 21 heavy (non-hydrogen) atoms. The minimum Gasteiger partial charge on any atom is -0.342 e. The molecule has 0 saturated carbocycles. The van der Waals surface area contributed by atoms with Gasteiger partial charge in [0.1, 0.15) is 0 Å². The maximum Gasteiger partial charge on any atom is 0.235 e. The summed E-state index contributed by atoms with van der Waals surface area (Å²) in [5.74, 6) is 0.754. The summed E-state index contributed by atoms with van der Waals surface area (Å²) in [6, 6.07) is 0. The van der Waals surface area contributed by atoms with Crippen molar-refractivity contribution in [1.29, 1.82) is 0 Å². The monoisotopic (exact) mass is 311 g/mol. The molecule has 0 N–H and O–H groups in total. The summed E-state index contributed by atoms with van der Waals surface area (Å²) in [5.41, 5.74) is 2.26. The van der Waals surface area contributed by atoms with E-state index in [1.54, 1.807) is 11.8 Å². The van der Waals surface area contributed by atoms with Crippen LogP contribution in [0.2, 0.25) is 0 Å². The number of hydrogen-bond acceptors (Lipinski definition) is 3. The third-order valence-corrected chi connectivity index (χ3v) is 4.75. The summed E-state index contributed by atoms with van der Waals surface area (Å²) >= 11 is 1.57. The average molecular weight is 311 g/mol. The Bertz CT molecular complexity index is 478. The van der Waals surface area contributed by atoms with Gasteiger partial charge >= 0.3 is 0 Å². The van der Waals surface area contributed by atoms with Gasteiger partial charge in [-0.15, -0.1) is 0 Å². The highest BCUT2D eigenvalue weighted by molar-refractivity contribution is 8.00. The summed E-state index contributed by atoms with van der Waals surface area (Å²) in [6.45, 7) is 17.0. The zero-order chi connectivity index (χ0) is 16.2. The van der Waals surface area contributed by atoms with Gasteiger partial charge in [-0.1, -0.05) is 25.6 Å². The Morgan fingerprint density at radius 2 is 1.81 bits per heavy atom. The lowest BCUT2D eigenvalue weighted by Crippen LogP contribution is -2.36. The maximum atomic E-state index is 12.4. The van der Waals surface area contributed by atoms with Crippen LogP contribution in [0.25, 0.3) is 0 Å². The Balaban J connectivity index is 2.92. The minimum atomic E-state index is -0.1000. The van der Waals surface area contributed by atoms with Crippen molar-refractivity contribution < 1.29 is 4.79 Å². The minimum absolute atomic E-state index is 0.1000. The van der Waals surface area contributed by atoms with E-state index < -0.39 is 0 Å². The molecule has 5 heteroatoms. The molecule has 1 unspecified atom stereocenters. The Hall–Kier alpha value is -0.970. The Kier molecular flexibility index (Phi) is 6.78. The first-order valence-electron chi connectivity index (χ1n) is 7.80. The van der Waals surface area contributed by atoms with Gasteiger partial charge in [-0.3, -0.25) is 4.79 Å². The van der Waals surface area contributed by atoms with Gasteiger partial charge in [-0.25, -0.2) is 4.98 Å². The first kappa shape index (κ1) is 18.1. The molecule has 4 nitrogen and oxygen atoms in total. The number of imidazole rings is 1. The number of carbonyl (C=O) groups is 1. The maximum absolute atomic E-state index is 12.4. The molecule has 1 aromatic heterocycles. The Morgan fingerprint density at radius 3 is 2.29 bits per heavy atom. The standard InChI is InChI=1S/C16H29N3OS/c1-8-18(9-2)15(20)14(7)21-16-17-12(5)13(6)19(16)10-11(3)4/h11,14H,8-10H2,1-7H3. The normalized spacial score (nSPS) is 12.8. The number of nitrogens with zero attached hydrogens (tertiary/aromatic N) is 3. The molecule has 0 aliphatic heterocycles. The molecule has 0 fully saturated rings. The van der Waals surface area contributed by atoms with E-state index in [-0.39, 0.29) is 11.2 Å². The average Bonchev–Trinajstić information content (AvgIpc) is 2.67. The molecule has 0 spiro atoms. The van der Waals surface area contributed by atoms with E-state index in [1.165, 1.54) is 5.69 Å². The lowest BCUT2D eigenvalue weighted by atomic mass is 10.2. The Labute approximate surface area is 133 Å². The number of amides is 1. The zero-order valence-electron chi connectivity index (χ0n) is 14.4. The van der Waals surface area contributed by atoms with Crippen LogP contribution in [0, 0.1) is 19.8 Å². The van der Waals surface area contributed by atoms with Crippen molar-refractivity contribution in [3.05, 3.63) is 11.4 Å².